The van der Waals surface area contributed by atoms with E-state index in [-0.39, 0.29) is 41.0 Å². The highest BCUT2D eigenvalue weighted by molar-refractivity contribution is 9.10. The van der Waals surface area contributed by atoms with Gasteiger partial charge in [-0.1, -0.05) is 90.4 Å². The molecule has 2 amide bonds. The summed E-state index contributed by atoms with van der Waals surface area (Å²) >= 11 is 3.44. The molecule has 4 atom stereocenters. The van der Waals surface area contributed by atoms with Crippen molar-refractivity contribution in [2.45, 2.75) is 31.8 Å². The maximum absolute atomic E-state index is 14.4. The number of anilines is 1. The average Bonchev–Trinajstić information content (AvgIpc) is 3.98. The number of nitrogens with one attached hydrogen (secondary N) is 2. The van der Waals surface area contributed by atoms with Gasteiger partial charge in [-0.3, -0.25) is 29.1 Å². The molecule has 6 heterocycles. The Balaban J connectivity index is 0.000000171. The Bertz CT molecular complexity index is 2990. The van der Waals surface area contributed by atoms with Crippen molar-refractivity contribution >= 4 is 72.4 Å². The summed E-state index contributed by atoms with van der Waals surface area (Å²) in [6.07, 6.45) is 0.704. The Morgan fingerprint density at radius 3 is 2.28 bits per heavy atom. The predicted octanol–water partition coefficient (Wildman–Crippen LogP) is 7.72. The number of Topliss-reactive ketones (excluding diaryl/α,β-unsaturated/α-hetero) is 1. The molecule has 3 N–H and O–H groups in total. The summed E-state index contributed by atoms with van der Waals surface area (Å²) in [5, 5.41) is 15.2. The molecule has 286 valence electrons. The molecule has 12 heteroatoms. The van der Waals surface area contributed by atoms with Crippen LogP contribution >= 0.6 is 15.9 Å². The summed E-state index contributed by atoms with van der Waals surface area (Å²) in [6, 6.07) is 36.5. The van der Waals surface area contributed by atoms with Crippen LogP contribution in [0.25, 0.3) is 27.5 Å². The van der Waals surface area contributed by atoms with Gasteiger partial charge in [-0.25, -0.2) is 14.9 Å². The van der Waals surface area contributed by atoms with Gasteiger partial charge >= 0.3 is 0 Å². The van der Waals surface area contributed by atoms with Crippen LogP contribution in [0.1, 0.15) is 47.6 Å². The molecular formula is C46H35BrN6O5. The third kappa shape index (κ3) is 5.14. The predicted molar refractivity (Wildman–Crippen MR) is 225 cm³/mol. The Kier molecular flexibility index (Phi) is 8.22. The van der Waals surface area contributed by atoms with E-state index in [1.165, 1.54) is 4.90 Å². The van der Waals surface area contributed by atoms with Gasteiger partial charge in [0.15, 0.2) is 5.88 Å². The number of aliphatic imine (C=N–C) groups is 1. The molecule has 4 aliphatic rings. The highest BCUT2D eigenvalue weighted by atomic mass is 79.9. The van der Waals surface area contributed by atoms with E-state index in [0.717, 1.165) is 20.9 Å². The number of aromatic nitrogens is 3. The minimum atomic E-state index is -1.11. The lowest BCUT2D eigenvalue weighted by Gasteiger charge is -2.32. The number of fused-ring (bicyclic) bond motifs is 10. The summed E-state index contributed by atoms with van der Waals surface area (Å²) < 4.78 is 2.50. The highest BCUT2D eigenvalue weighted by Gasteiger charge is 2.69. The summed E-state index contributed by atoms with van der Waals surface area (Å²) in [5.74, 6) is -1.23. The number of ketones is 1. The van der Waals surface area contributed by atoms with Gasteiger partial charge in [0.05, 0.1) is 45.4 Å². The van der Waals surface area contributed by atoms with Gasteiger partial charge in [0, 0.05) is 32.5 Å². The summed E-state index contributed by atoms with van der Waals surface area (Å²) in [4.78, 5) is 68.4. The van der Waals surface area contributed by atoms with Gasteiger partial charge < -0.3 is 10.1 Å². The maximum Gasteiger partial charge on any atom is 0.266 e. The first-order valence-electron chi connectivity index (χ1n) is 19.1. The number of carbonyl (C=O) groups excluding carboxylic acids is 3. The van der Waals surface area contributed by atoms with Crippen LogP contribution in [0.4, 0.5) is 11.4 Å². The average molecular weight is 832 g/mol. The minimum Gasteiger partial charge on any atom is -0.494 e. The summed E-state index contributed by atoms with van der Waals surface area (Å²) in [6.45, 7) is 4.23. The number of hydrogen-bond donors (Lipinski definition) is 3. The van der Waals surface area contributed by atoms with E-state index in [0.29, 0.717) is 57.0 Å². The lowest BCUT2D eigenvalue weighted by Crippen LogP contribution is -2.50. The van der Waals surface area contributed by atoms with Crippen molar-refractivity contribution in [2.75, 3.05) is 4.90 Å². The molecule has 1 spiro atoms. The number of H-pyrrole nitrogens is 1. The second kappa shape index (κ2) is 13.3. The van der Waals surface area contributed by atoms with Crippen molar-refractivity contribution in [3.63, 3.8) is 0 Å². The number of rotatable bonds is 4. The van der Waals surface area contributed by atoms with Crippen LogP contribution in [0, 0.1) is 17.8 Å². The maximum atomic E-state index is 14.4. The Hall–Kier alpha value is -6.50. The van der Waals surface area contributed by atoms with E-state index in [2.05, 4.69) is 45.1 Å². The standard InChI is InChI=1S/C30H25BrN4O3.C16H10N2O2/c1-16(2)15-22-24-25(28(38)34(27(24)37)18-13-11-17(31)12-14-18)30(33-22)20-8-4-6-10-23(20)35-26(36)19-7-3-5-9-21(19)32-29(30)35;19-15-10-6-2-4-8-12(10)17-14(15)13-9-5-1-3-7-11(9)18-16(13)20/h3-14,16,22,24-25,33H,15H2,1-2H3;1-8,18,20H/t22?,24-,25+,30?;/m0./s1. The van der Waals surface area contributed by atoms with Crippen LogP contribution in [-0.4, -0.2) is 49.0 Å². The lowest BCUT2D eigenvalue weighted by atomic mass is 9.75. The Morgan fingerprint density at radius 1 is 0.810 bits per heavy atom. The number of amides is 2. The monoisotopic (exact) mass is 830 g/mol. The molecule has 4 aliphatic heterocycles. The van der Waals surface area contributed by atoms with Gasteiger partial charge in [-0.05, 0) is 73.0 Å². The zero-order valence-electron chi connectivity index (χ0n) is 31.3. The smallest absolute Gasteiger partial charge is 0.266 e. The number of aromatic hydroxyl groups is 1. The van der Waals surface area contributed by atoms with Crippen LogP contribution < -0.4 is 15.8 Å². The molecule has 0 radical (unpaired) electrons. The van der Waals surface area contributed by atoms with Crippen LogP contribution in [0.2, 0.25) is 0 Å². The van der Waals surface area contributed by atoms with Crippen molar-refractivity contribution in [1.82, 2.24) is 19.9 Å². The lowest BCUT2D eigenvalue weighted by molar-refractivity contribution is -0.123. The van der Waals surface area contributed by atoms with E-state index in [1.807, 2.05) is 91.0 Å². The van der Waals surface area contributed by atoms with E-state index in [4.69, 9.17) is 4.98 Å². The first kappa shape index (κ1) is 35.9. The molecule has 2 aromatic heterocycles. The molecule has 2 unspecified atom stereocenters. The number of halogens is 1. The van der Waals surface area contributed by atoms with Gasteiger partial charge in [-0.15, -0.1) is 0 Å². The van der Waals surface area contributed by atoms with Gasteiger partial charge in [0.1, 0.15) is 17.1 Å². The topological polar surface area (TPSA) is 150 Å². The Labute approximate surface area is 340 Å². The fraction of sp³-hybridized carbons (Fsp3) is 0.174. The number of aromatic amines is 1. The fourth-order valence-electron chi connectivity index (χ4n) is 9.37. The quantitative estimate of drug-likeness (QED) is 0.154. The third-order valence-corrected chi connectivity index (χ3v) is 12.2. The fourth-order valence-corrected chi connectivity index (χ4v) is 9.64. The van der Waals surface area contributed by atoms with Crippen LogP contribution in [-0.2, 0) is 15.1 Å². The zero-order chi connectivity index (χ0) is 40.0. The van der Waals surface area contributed by atoms with Crippen molar-refractivity contribution in [3.8, 4) is 11.6 Å². The summed E-state index contributed by atoms with van der Waals surface area (Å²) in [5.41, 5.74) is 4.11. The van der Waals surface area contributed by atoms with Gasteiger partial charge in [-0.2, -0.15) is 0 Å². The Morgan fingerprint density at radius 2 is 1.50 bits per heavy atom. The summed E-state index contributed by atoms with van der Waals surface area (Å²) in [7, 11) is 0. The molecule has 0 bridgehead atoms. The van der Waals surface area contributed by atoms with Crippen LogP contribution in [0.3, 0.4) is 0 Å². The number of nitrogens with zero attached hydrogens (tertiary/aromatic N) is 4. The van der Waals surface area contributed by atoms with Crippen molar-refractivity contribution in [3.05, 3.63) is 159 Å². The van der Waals surface area contributed by atoms with Crippen LogP contribution in [0.5, 0.6) is 5.88 Å². The normalized spacial score (nSPS) is 21.4. The second-order valence-electron chi connectivity index (χ2n) is 15.5. The molecule has 7 aromatic rings. The molecule has 0 aliphatic carbocycles. The van der Waals surface area contributed by atoms with E-state index in [9.17, 15) is 24.3 Å². The molecular weight excluding hydrogens is 796 g/mol. The molecule has 0 saturated carbocycles. The van der Waals surface area contributed by atoms with E-state index >= 15 is 0 Å². The minimum absolute atomic E-state index is 0.0221. The molecule has 2 fully saturated rings. The number of carbonyl (C=O) groups is 3. The molecule has 2 saturated heterocycles. The van der Waals surface area contributed by atoms with Crippen LogP contribution in [0.15, 0.2) is 136 Å². The SMILES string of the molecule is CC(C)CC1NC2(c3ccccc3-n3c2nc2ccccc2c3=O)[C@H]2C(=O)N(c3ccc(Br)cc3)C(=O)[C@@H]12.O=C1C(c2c(O)[nH]c3ccccc23)=Nc2ccccc21. The number of benzene rings is 5. The van der Waals surface area contributed by atoms with Gasteiger partial charge in [0.2, 0.25) is 17.6 Å². The number of hydrogen-bond acceptors (Lipinski definition) is 8. The zero-order valence-corrected chi connectivity index (χ0v) is 32.9. The molecule has 11 nitrogen and oxygen atoms in total. The third-order valence-electron chi connectivity index (χ3n) is 11.7. The molecule has 58 heavy (non-hydrogen) atoms. The van der Waals surface area contributed by atoms with Crippen molar-refractivity contribution in [2.24, 2.45) is 22.7 Å². The second-order valence-corrected chi connectivity index (χ2v) is 16.4. The van der Waals surface area contributed by atoms with E-state index in [1.54, 1.807) is 34.9 Å². The first-order chi connectivity index (χ1) is 28.1. The van der Waals surface area contributed by atoms with E-state index < -0.39 is 17.4 Å². The molecule has 5 aromatic carbocycles. The largest absolute Gasteiger partial charge is 0.494 e. The first-order valence-corrected chi connectivity index (χ1v) is 19.9. The van der Waals surface area contributed by atoms with Crippen molar-refractivity contribution in [1.29, 1.82) is 0 Å². The molecule has 11 rings (SSSR count). The highest BCUT2D eigenvalue weighted by Crippen LogP contribution is 2.56. The van der Waals surface area contributed by atoms with Gasteiger partial charge in [0.25, 0.3) is 5.56 Å². The number of para-hydroxylation sites is 4. The number of imide groups is 1. The van der Waals surface area contributed by atoms with Crippen molar-refractivity contribution < 1.29 is 19.5 Å².